The first-order chi connectivity index (χ1) is 7.20. The van der Waals surface area contributed by atoms with Gasteiger partial charge < -0.3 is 4.43 Å². The molecule has 16 heavy (non-hydrogen) atoms. The Kier molecular flexibility index (Phi) is 5.99. The van der Waals surface area contributed by atoms with Crippen LogP contribution in [-0.2, 0) is 4.43 Å². The second kappa shape index (κ2) is 6.22. The van der Waals surface area contributed by atoms with Crippen LogP contribution in [0.2, 0.25) is 18.1 Å². The van der Waals surface area contributed by atoms with Gasteiger partial charge in [0.05, 0.1) is 6.42 Å². The fourth-order valence-corrected chi connectivity index (χ4v) is 1.93. The summed E-state index contributed by atoms with van der Waals surface area (Å²) in [7, 11) is -1.70. The van der Waals surface area contributed by atoms with Crippen LogP contribution < -0.4 is 0 Å². The third-order valence-corrected chi connectivity index (χ3v) is 7.49. The lowest BCUT2D eigenvalue weighted by atomic mass is 10.2. The Bertz CT molecular complexity index is 281. The van der Waals surface area contributed by atoms with E-state index < -0.39 is 8.32 Å². The van der Waals surface area contributed by atoms with Crippen LogP contribution in [0.15, 0.2) is 11.9 Å². The standard InChI is InChI=1S/C13H22FOSi/c1-7-9-12(14)10-8-11-15-16(5,6)13(2,3)4/h1,9-10H,8,11H2,2-6H3. The van der Waals surface area contributed by atoms with Gasteiger partial charge in [0.1, 0.15) is 5.83 Å². The van der Waals surface area contributed by atoms with E-state index in [9.17, 15) is 4.39 Å². The number of rotatable bonds is 5. The van der Waals surface area contributed by atoms with E-state index >= 15 is 0 Å². The molecular weight excluding hydrogens is 219 g/mol. The predicted molar refractivity (Wildman–Crippen MR) is 70.1 cm³/mol. The number of terminal acetylenes is 1. The van der Waals surface area contributed by atoms with Gasteiger partial charge in [-0.1, -0.05) is 26.7 Å². The number of halogens is 1. The Morgan fingerprint density at radius 3 is 2.44 bits per heavy atom. The van der Waals surface area contributed by atoms with Crippen molar-refractivity contribution in [3.05, 3.63) is 18.3 Å². The minimum atomic E-state index is -1.70. The molecule has 0 heterocycles. The molecule has 0 rings (SSSR count). The zero-order valence-corrected chi connectivity index (χ0v) is 11.9. The molecule has 0 spiro atoms. The highest BCUT2D eigenvalue weighted by molar-refractivity contribution is 6.74. The summed E-state index contributed by atoms with van der Waals surface area (Å²) in [5, 5.41) is 0.195. The molecule has 0 aromatic rings. The van der Waals surface area contributed by atoms with Crippen molar-refractivity contribution in [1.29, 1.82) is 0 Å². The maximum Gasteiger partial charge on any atom is 0.191 e. The lowest BCUT2D eigenvalue weighted by Crippen LogP contribution is -2.40. The van der Waals surface area contributed by atoms with Gasteiger partial charge in [-0.25, -0.2) is 4.39 Å². The van der Waals surface area contributed by atoms with Crippen LogP contribution in [0, 0.1) is 18.8 Å². The molecule has 0 aliphatic heterocycles. The fourth-order valence-electron chi connectivity index (χ4n) is 0.866. The van der Waals surface area contributed by atoms with E-state index in [1.165, 1.54) is 6.08 Å². The molecule has 0 saturated carbocycles. The summed E-state index contributed by atoms with van der Waals surface area (Å²) in [6, 6.07) is 0. The van der Waals surface area contributed by atoms with Crippen LogP contribution in [-0.4, -0.2) is 14.9 Å². The molecule has 0 aromatic carbocycles. The van der Waals surface area contributed by atoms with Crippen LogP contribution in [0.4, 0.5) is 4.39 Å². The zero-order chi connectivity index (χ0) is 12.8. The topological polar surface area (TPSA) is 9.23 Å². The van der Waals surface area contributed by atoms with E-state index in [-0.39, 0.29) is 10.9 Å². The summed E-state index contributed by atoms with van der Waals surface area (Å²) in [6.07, 6.45) is 8.10. The number of hydrogen-bond donors (Lipinski definition) is 0. The van der Waals surface area contributed by atoms with Crippen molar-refractivity contribution < 1.29 is 8.82 Å². The first-order valence-corrected chi connectivity index (χ1v) is 8.40. The number of allylic oxidation sites excluding steroid dienone is 1. The van der Waals surface area contributed by atoms with Crippen molar-refractivity contribution in [3.63, 3.8) is 0 Å². The van der Waals surface area contributed by atoms with E-state index in [1.807, 2.05) is 0 Å². The summed E-state index contributed by atoms with van der Waals surface area (Å²) in [6.45, 7) is 11.5. The van der Waals surface area contributed by atoms with Gasteiger partial charge in [0.2, 0.25) is 0 Å². The first kappa shape index (κ1) is 15.4. The normalized spacial score (nSPS) is 13.7. The highest BCUT2D eigenvalue weighted by atomic mass is 28.4. The van der Waals surface area contributed by atoms with Crippen molar-refractivity contribution in [2.45, 2.75) is 45.3 Å². The van der Waals surface area contributed by atoms with Gasteiger partial charge >= 0.3 is 0 Å². The van der Waals surface area contributed by atoms with E-state index in [2.05, 4.69) is 39.8 Å². The maximum absolute atomic E-state index is 12.9. The SMILES string of the molecule is C#C[CH]C(F)=CCCO[Si](C)(C)C(C)(C)C. The Hall–Kier alpha value is -0.593. The highest BCUT2D eigenvalue weighted by Gasteiger charge is 2.36. The summed E-state index contributed by atoms with van der Waals surface area (Å²) in [4.78, 5) is 0. The van der Waals surface area contributed by atoms with Crippen LogP contribution in [0.1, 0.15) is 27.2 Å². The quantitative estimate of drug-likeness (QED) is 0.400. The van der Waals surface area contributed by atoms with Crippen LogP contribution in [0.5, 0.6) is 0 Å². The predicted octanol–water partition coefficient (Wildman–Crippen LogP) is 4.09. The van der Waals surface area contributed by atoms with E-state index in [4.69, 9.17) is 10.8 Å². The molecule has 1 radical (unpaired) electrons. The Labute approximate surface area is 100 Å². The number of hydrogen-bond acceptors (Lipinski definition) is 1. The van der Waals surface area contributed by atoms with Gasteiger partial charge in [0.25, 0.3) is 0 Å². The lowest BCUT2D eigenvalue weighted by molar-refractivity contribution is 0.294. The second-order valence-corrected chi connectivity index (χ2v) is 10.1. The van der Waals surface area contributed by atoms with Crippen molar-refractivity contribution >= 4 is 8.32 Å². The monoisotopic (exact) mass is 241 g/mol. The van der Waals surface area contributed by atoms with Crippen molar-refractivity contribution in [1.82, 2.24) is 0 Å². The molecule has 0 unspecified atom stereocenters. The fraction of sp³-hybridized carbons (Fsp3) is 0.615. The van der Waals surface area contributed by atoms with E-state index in [1.54, 1.807) is 0 Å². The highest BCUT2D eigenvalue weighted by Crippen LogP contribution is 2.36. The molecular formula is C13H22FOSi. The molecule has 0 aliphatic rings. The third kappa shape index (κ3) is 5.48. The van der Waals surface area contributed by atoms with Crippen molar-refractivity contribution in [2.75, 3.05) is 6.61 Å². The smallest absolute Gasteiger partial charge is 0.191 e. The Morgan fingerprint density at radius 1 is 1.44 bits per heavy atom. The van der Waals surface area contributed by atoms with Gasteiger partial charge in [-0.3, -0.25) is 0 Å². The van der Waals surface area contributed by atoms with E-state index in [0.717, 1.165) is 6.42 Å². The molecule has 3 heteroatoms. The molecule has 1 nitrogen and oxygen atoms in total. The summed E-state index contributed by atoms with van der Waals surface area (Å²) < 4.78 is 18.8. The average molecular weight is 241 g/mol. The summed E-state index contributed by atoms with van der Waals surface area (Å²) in [5.41, 5.74) is 0. The average Bonchev–Trinajstić information content (AvgIpc) is 2.11. The lowest BCUT2D eigenvalue weighted by Gasteiger charge is -2.36. The second-order valence-electron chi connectivity index (χ2n) is 5.30. The minimum absolute atomic E-state index is 0.195. The van der Waals surface area contributed by atoms with Gasteiger partial charge in [-0.15, -0.1) is 6.42 Å². The molecule has 0 fully saturated rings. The van der Waals surface area contributed by atoms with Gasteiger partial charge in [0, 0.05) is 6.61 Å². The first-order valence-electron chi connectivity index (χ1n) is 5.49. The summed E-state index contributed by atoms with van der Waals surface area (Å²) in [5.74, 6) is 1.79. The molecule has 0 bridgehead atoms. The van der Waals surface area contributed by atoms with Crippen molar-refractivity contribution in [3.8, 4) is 12.3 Å². The zero-order valence-electron chi connectivity index (χ0n) is 10.9. The third-order valence-electron chi connectivity index (χ3n) is 2.95. The largest absolute Gasteiger partial charge is 0.417 e. The maximum atomic E-state index is 12.9. The summed E-state index contributed by atoms with van der Waals surface area (Å²) >= 11 is 0. The van der Waals surface area contributed by atoms with Crippen LogP contribution in [0.25, 0.3) is 0 Å². The van der Waals surface area contributed by atoms with Gasteiger partial charge in [-0.2, -0.15) is 0 Å². The van der Waals surface area contributed by atoms with Gasteiger partial charge in [0.15, 0.2) is 8.32 Å². The molecule has 0 amide bonds. The van der Waals surface area contributed by atoms with E-state index in [0.29, 0.717) is 13.0 Å². The molecule has 91 valence electrons. The molecule has 0 aromatic heterocycles. The van der Waals surface area contributed by atoms with Gasteiger partial charge in [-0.05, 0) is 30.6 Å². The van der Waals surface area contributed by atoms with Crippen molar-refractivity contribution in [2.24, 2.45) is 0 Å². The minimum Gasteiger partial charge on any atom is -0.417 e. The molecule has 0 N–H and O–H groups in total. The molecule has 0 aliphatic carbocycles. The molecule has 0 atom stereocenters. The van der Waals surface area contributed by atoms with Crippen LogP contribution >= 0.6 is 0 Å². The van der Waals surface area contributed by atoms with Crippen LogP contribution in [0.3, 0.4) is 0 Å². The Morgan fingerprint density at radius 2 is 2.00 bits per heavy atom. The molecule has 0 saturated heterocycles. The Balaban J connectivity index is 4.01.